The predicted octanol–water partition coefficient (Wildman–Crippen LogP) is 4.48. The van der Waals surface area contributed by atoms with Gasteiger partial charge in [-0.25, -0.2) is 0 Å². The molecule has 0 bridgehead atoms. The second-order valence-electron chi connectivity index (χ2n) is 7.00. The van der Waals surface area contributed by atoms with Gasteiger partial charge in [-0.05, 0) is 50.1 Å². The Hall–Kier alpha value is -2.84. The van der Waals surface area contributed by atoms with Crippen molar-refractivity contribution >= 4 is 46.6 Å². The van der Waals surface area contributed by atoms with E-state index in [2.05, 4.69) is 20.8 Å². The second-order valence-corrected chi connectivity index (χ2v) is 8.35. The molecule has 9 heteroatoms. The summed E-state index contributed by atoms with van der Waals surface area (Å²) in [5.41, 5.74) is 3.44. The molecule has 0 spiro atoms. The number of amides is 2. The number of carbonyl (C=O) groups is 2. The van der Waals surface area contributed by atoms with Gasteiger partial charge >= 0.3 is 0 Å². The third-order valence-corrected chi connectivity index (χ3v) is 5.87. The number of hydrogen-bond donors (Lipinski definition) is 2. The van der Waals surface area contributed by atoms with Crippen molar-refractivity contribution in [2.24, 2.45) is 0 Å². The molecule has 1 aromatic heterocycles. The number of anilines is 2. The predicted molar refractivity (Wildman–Crippen MR) is 125 cm³/mol. The summed E-state index contributed by atoms with van der Waals surface area (Å²) in [6.07, 6.45) is 0.0569. The fourth-order valence-electron chi connectivity index (χ4n) is 2.96. The van der Waals surface area contributed by atoms with Crippen molar-refractivity contribution in [3.8, 4) is 0 Å². The van der Waals surface area contributed by atoms with E-state index in [0.29, 0.717) is 28.2 Å². The largest absolute Gasteiger partial charge is 0.325 e. The summed E-state index contributed by atoms with van der Waals surface area (Å²) >= 11 is 7.38. The third kappa shape index (κ3) is 6.08. The molecule has 31 heavy (non-hydrogen) atoms. The number of benzene rings is 2. The molecule has 2 N–H and O–H groups in total. The van der Waals surface area contributed by atoms with Gasteiger partial charge in [-0.3, -0.25) is 9.59 Å². The van der Waals surface area contributed by atoms with Gasteiger partial charge in [0, 0.05) is 12.2 Å². The first kappa shape index (κ1) is 22.8. The number of rotatable bonds is 8. The Morgan fingerprint density at radius 1 is 1.03 bits per heavy atom. The van der Waals surface area contributed by atoms with Crippen LogP contribution in [0.25, 0.3) is 0 Å². The van der Waals surface area contributed by atoms with Crippen LogP contribution in [0.3, 0.4) is 0 Å². The smallest absolute Gasteiger partial charge is 0.234 e. The molecule has 3 aromatic rings. The molecular weight excluding hydrogens is 434 g/mol. The van der Waals surface area contributed by atoms with Crippen molar-refractivity contribution in [1.29, 1.82) is 0 Å². The molecule has 0 aliphatic heterocycles. The van der Waals surface area contributed by atoms with Crippen molar-refractivity contribution in [3.05, 3.63) is 64.4 Å². The molecule has 0 atom stereocenters. The Balaban J connectivity index is 1.60. The zero-order valence-corrected chi connectivity index (χ0v) is 19.2. The van der Waals surface area contributed by atoms with Crippen molar-refractivity contribution in [3.63, 3.8) is 0 Å². The molecule has 0 fully saturated rings. The summed E-state index contributed by atoms with van der Waals surface area (Å²) < 4.78 is 1.84. The zero-order valence-electron chi connectivity index (χ0n) is 17.6. The molecule has 0 saturated heterocycles. The van der Waals surface area contributed by atoms with E-state index in [4.69, 9.17) is 11.6 Å². The topological polar surface area (TPSA) is 88.9 Å². The maximum absolute atomic E-state index is 12.4. The molecule has 0 aliphatic carbocycles. The molecule has 2 aromatic carbocycles. The number of hydrogen-bond acceptors (Lipinski definition) is 5. The summed E-state index contributed by atoms with van der Waals surface area (Å²) in [6, 6.07) is 13.0. The molecular formula is C22H24ClN5O2S. The lowest BCUT2D eigenvalue weighted by molar-refractivity contribution is -0.116. The van der Waals surface area contributed by atoms with E-state index in [1.807, 2.05) is 43.5 Å². The number of halogens is 1. The van der Waals surface area contributed by atoms with E-state index in [0.717, 1.165) is 16.8 Å². The first-order valence-electron chi connectivity index (χ1n) is 9.83. The van der Waals surface area contributed by atoms with Crippen LogP contribution < -0.4 is 10.6 Å². The van der Waals surface area contributed by atoms with Crippen molar-refractivity contribution in [2.75, 3.05) is 16.4 Å². The highest BCUT2D eigenvalue weighted by molar-refractivity contribution is 7.99. The number of nitrogens with one attached hydrogen (secondary N) is 2. The van der Waals surface area contributed by atoms with E-state index < -0.39 is 0 Å². The highest BCUT2D eigenvalue weighted by atomic mass is 35.5. The number of nitrogens with zero attached hydrogens (tertiary/aromatic N) is 3. The normalized spacial score (nSPS) is 10.7. The highest BCUT2D eigenvalue weighted by Crippen LogP contribution is 2.22. The number of thioether (sulfide) groups is 1. The Kier molecular flexibility index (Phi) is 7.70. The molecule has 2 amide bonds. The van der Waals surface area contributed by atoms with Gasteiger partial charge in [0.25, 0.3) is 0 Å². The van der Waals surface area contributed by atoms with Crippen molar-refractivity contribution in [1.82, 2.24) is 14.8 Å². The Bertz CT molecular complexity index is 1100. The Labute approximate surface area is 190 Å². The summed E-state index contributed by atoms with van der Waals surface area (Å²) in [4.78, 5) is 24.8. The number of carbonyl (C=O) groups excluding carboxylic acids is 2. The van der Waals surface area contributed by atoms with Crippen LogP contribution in [0.4, 0.5) is 11.4 Å². The van der Waals surface area contributed by atoms with E-state index >= 15 is 0 Å². The molecule has 0 radical (unpaired) electrons. The minimum Gasteiger partial charge on any atom is -0.325 e. The van der Waals surface area contributed by atoms with Crippen LogP contribution in [-0.2, 0) is 22.6 Å². The molecule has 7 nitrogen and oxygen atoms in total. The van der Waals surface area contributed by atoms with Crippen LogP contribution in [0.5, 0.6) is 0 Å². The molecule has 3 rings (SSSR count). The SMILES string of the molecule is CCn1c(CC(=O)Nc2ccccc2Cl)nnc1SCC(=O)Nc1cc(C)ccc1C. The van der Waals surface area contributed by atoms with Crippen LogP contribution >= 0.6 is 23.4 Å². The number of aryl methyl sites for hydroxylation is 2. The second kappa shape index (κ2) is 10.5. The molecule has 0 saturated carbocycles. The first-order chi connectivity index (χ1) is 14.9. The third-order valence-electron chi connectivity index (χ3n) is 4.58. The maximum atomic E-state index is 12.4. The van der Waals surface area contributed by atoms with E-state index in [-0.39, 0.29) is 24.0 Å². The highest BCUT2D eigenvalue weighted by Gasteiger charge is 2.17. The van der Waals surface area contributed by atoms with Crippen LogP contribution in [0.2, 0.25) is 5.02 Å². The van der Waals surface area contributed by atoms with Gasteiger partial charge in [0.05, 0.1) is 22.9 Å². The summed E-state index contributed by atoms with van der Waals surface area (Å²) in [5.74, 6) is 0.364. The van der Waals surface area contributed by atoms with Crippen LogP contribution in [0.1, 0.15) is 23.9 Å². The van der Waals surface area contributed by atoms with Gasteiger partial charge in [-0.15, -0.1) is 10.2 Å². The monoisotopic (exact) mass is 457 g/mol. The lowest BCUT2D eigenvalue weighted by Gasteiger charge is -2.10. The van der Waals surface area contributed by atoms with E-state index in [9.17, 15) is 9.59 Å². The van der Waals surface area contributed by atoms with Gasteiger partial charge in [-0.2, -0.15) is 0 Å². The van der Waals surface area contributed by atoms with Gasteiger partial charge in [0.1, 0.15) is 5.82 Å². The fourth-order valence-corrected chi connectivity index (χ4v) is 3.97. The van der Waals surface area contributed by atoms with E-state index in [1.165, 1.54) is 11.8 Å². The van der Waals surface area contributed by atoms with Gasteiger partial charge < -0.3 is 15.2 Å². The van der Waals surface area contributed by atoms with Gasteiger partial charge in [0.15, 0.2) is 5.16 Å². The number of aromatic nitrogens is 3. The zero-order chi connectivity index (χ0) is 22.4. The first-order valence-corrected chi connectivity index (χ1v) is 11.2. The minimum absolute atomic E-state index is 0.0569. The minimum atomic E-state index is -0.237. The summed E-state index contributed by atoms with van der Waals surface area (Å²) in [5, 5.41) is 15.1. The number of para-hydroxylation sites is 1. The molecule has 0 unspecified atom stereocenters. The molecule has 0 aliphatic rings. The molecule has 162 valence electrons. The summed E-state index contributed by atoms with van der Waals surface area (Å²) in [7, 11) is 0. The average Bonchev–Trinajstić information content (AvgIpc) is 3.12. The Morgan fingerprint density at radius 3 is 2.52 bits per heavy atom. The van der Waals surface area contributed by atoms with E-state index in [1.54, 1.807) is 24.3 Å². The van der Waals surface area contributed by atoms with Crippen LogP contribution in [0.15, 0.2) is 47.6 Å². The van der Waals surface area contributed by atoms with Gasteiger partial charge in [-0.1, -0.05) is 47.6 Å². The van der Waals surface area contributed by atoms with Crippen molar-refractivity contribution < 1.29 is 9.59 Å². The standard InChI is InChI=1S/C22H24ClN5O2S/c1-4-28-19(12-20(29)24-17-8-6-5-7-16(17)23)26-27-22(28)31-13-21(30)25-18-11-14(2)9-10-15(18)3/h5-11H,4,12-13H2,1-3H3,(H,24,29)(H,25,30). The van der Waals surface area contributed by atoms with Crippen molar-refractivity contribution in [2.45, 2.75) is 38.9 Å². The maximum Gasteiger partial charge on any atom is 0.234 e. The lowest BCUT2D eigenvalue weighted by Crippen LogP contribution is -2.18. The fraction of sp³-hybridized carbons (Fsp3) is 0.273. The van der Waals surface area contributed by atoms with Crippen LogP contribution in [0, 0.1) is 13.8 Å². The Morgan fingerprint density at radius 2 is 1.77 bits per heavy atom. The van der Waals surface area contributed by atoms with Crippen LogP contribution in [-0.4, -0.2) is 32.3 Å². The summed E-state index contributed by atoms with van der Waals surface area (Å²) in [6.45, 7) is 6.47. The lowest BCUT2D eigenvalue weighted by atomic mass is 10.1. The quantitative estimate of drug-likeness (QED) is 0.487. The van der Waals surface area contributed by atoms with Gasteiger partial charge in [0.2, 0.25) is 11.8 Å². The molecule has 1 heterocycles. The average molecular weight is 458 g/mol.